The topological polar surface area (TPSA) is 29.1 Å². The first-order chi connectivity index (χ1) is 11.2. The van der Waals surface area contributed by atoms with Crippen LogP contribution in [-0.2, 0) is 4.79 Å². The predicted molar refractivity (Wildman–Crippen MR) is 100 cm³/mol. The quantitative estimate of drug-likeness (QED) is 0.619. The number of amides is 1. The number of hydrogen-bond acceptors (Lipinski definition) is 1. The Hall–Kier alpha value is -1.57. The molecule has 1 unspecified atom stereocenters. The molecule has 0 heterocycles. The molecule has 23 heavy (non-hydrogen) atoms. The highest BCUT2D eigenvalue weighted by atomic mass is 16.1. The van der Waals surface area contributed by atoms with Gasteiger partial charge in [0, 0.05) is 6.92 Å². The van der Waals surface area contributed by atoms with E-state index in [0.29, 0.717) is 5.92 Å². The van der Waals surface area contributed by atoms with Crippen LogP contribution in [0, 0.1) is 5.92 Å². The largest absolute Gasteiger partial charge is 0.350 e. The lowest BCUT2D eigenvalue weighted by Crippen LogP contribution is -2.36. The van der Waals surface area contributed by atoms with Crippen molar-refractivity contribution in [3.63, 3.8) is 0 Å². The van der Waals surface area contributed by atoms with Crippen molar-refractivity contribution in [2.75, 3.05) is 0 Å². The maximum absolute atomic E-state index is 11.6. The molecule has 0 aromatic heterocycles. The van der Waals surface area contributed by atoms with Crippen LogP contribution in [0.4, 0.5) is 0 Å². The predicted octanol–water partition coefficient (Wildman–Crippen LogP) is 5.49. The summed E-state index contributed by atoms with van der Waals surface area (Å²) < 4.78 is 0. The van der Waals surface area contributed by atoms with Gasteiger partial charge < -0.3 is 5.32 Å². The summed E-state index contributed by atoms with van der Waals surface area (Å²) in [5, 5.41) is 3.13. The molecule has 1 atom stereocenters. The number of carbonyl (C=O) groups is 1. The first-order valence-corrected chi connectivity index (χ1v) is 9.06. The van der Waals surface area contributed by atoms with Crippen molar-refractivity contribution >= 4 is 5.91 Å². The normalized spacial score (nSPS) is 19.4. The second kappa shape index (κ2) is 11.9. The maximum atomic E-state index is 11.6. The first kappa shape index (κ1) is 19.5. The second-order valence-electron chi connectivity index (χ2n) is 6.55. The van der Waals surface area contributed by atoms with Gasteiger partial charge in [0.15, 0.2) is 0 Å². The Labute approximate surface area is 142 Å². The molecule has 1 aliphatic carbocycles. The van der Waals surface area contributed by atoms with E-state index >= 15 is 0 Å². The highest BCUT2D eigenvalue weighted by Crippen LogP contribution is 2.27. The Bertz CT molecular complexity index is 423. The van der Waals surface area contributed by atoms with E-state index in [1.54, 1.807) is 19.1 Å². The van der Waals surface area contributed by atoms with Gasteiger partial charge in [-0.1, -0.05) is 94.9 Å². The van der Waals surface area contributed by atoms with E-state index in [4.69, 9.17) is 0 Å². The van der Waals surface area contributed by atoms with Crippen LogP contribution >= 0.6 is 0 Å². The lowest BCUT2D eigenvalue weighted by atomic mass is 9.87. The van der Waals surface area contributed by atoms with Crippen LogP contribution in [0.3, 0.4) is 0 Å². The molecule has 0 bridgehead atoms. The lowest BCUT2D eigenvalue weighted by molar-refractivity contribution is -0.119. The van der Waals surface area contributed by atoms with E-state index in [1.807, 2.05) is 18.2 Å². The molecule has 0 radical (unpaired) electrons. The molecule has 1 rings (SSSR count). The molecular formula is C21H33NO. The Morgan fingerprint density at radius 3 is 2.22 bits per heavy atom. The summed E-state index contributed by atoms with van der Waals surface area (Å²) in [7, 11) is 0. The number of rotatable bonds is 7. The average Bonchev–Trinajstić information content (AvgIpc) is 2.64. The van der Waals surface area contributed by atoms with Gasteiger partial charge in [-0.15, -0.1) is 0 Å². The summed E-state index contributed by atoms with van der Waals surface area (Å²) >= 11 is 0. The molecule has 2 nitrogen and oxygen atoms in total. The van der Waals surface area contributed by atoms with E-state index in [1.165, 1.54) is 51.4 Å². The highest BCUT2D eigenvalue weighted by molar-refractivity contribution is 5.73. The summed E-state index contributed by atoms with van der Waals surface area (Å²) in [6, 6.07) is 0.0625. The molecule has 2 heteroatoms. The van der Waals surface area contributed by atoms with E-state index in [9.17, 15) is 4.79 Å². The van der Waals surface area contributed by atoms with Crippen LogP contribution in [0.25, 0.3) is 0 Å². The van der Waals surface area contributed by atoms with Gasteiger partial charge in [0.1, 0.15) is 0 Å². The number of carbonyl (C=O) groups excluding carboxylic acids is 1. The van der Waals surface area contributed by atoms with Crippen LogP contribution in [0.1, 0.15) is 64.7 Å². The van der Waals surface area contributed by atoms with Gasteiger partial charge in [0.05, 0.1) is 6.04 Å². The average molecular weight is 316 g/mol. The SMILES string of the molecule is C=C/C=C\C(=C/C=C)C(CC1CCCCCCCC1)NC(C)=O. The molecule has 0 saturated heterocycles. The molecule has 128 valence electrons. The molecule has 1 saturated carbocycles. The Morgan fingerprint density at radius 2 is 1.70 bits per heavy atom. The van der Waals surface area contributed by atoms with Crippen molar-refractivity contribution in [2.24, 2.45) is 5.92 Å². The van der Waals surface area contributed by atoms with E-state index in [2.05, 4.69) is 18.5 Å². The summed E-state index contributed by atoms with van der Waals surface area (Å²) in [4.78, 5) is 11.6. The van der Waals surface area contributed by atoms with Gasteiger partial charge in [-0.2, -0.15) is 0 Å². The molecule has 0 spiro atoms. The van der Waals surface area contributed by atoms with Crippen LogP contribution in [0.15, 0.2) is 49.1 Å². The standard InChI is InChI=1S/C21H33NO/c1-4-6-16-20(13-5-2)21(22-18(3)23)17-19-14-11-9-7-8-10-12-15-19/h4-6,13,16,19,21H,1-2,7-12,14-15,17H2,3H3,(H,22,23)/b16-6-,20-13+. The molecule has 1 fully saturated rings. The second-order valence-corrected chi connectivity index (χ2v) is 6.55. The van der Waals surface area contributed by atoms with Gasteiger partial charge in [-0.05, 0) is 17.9 Å². The molecule has 1 aliphatic rings. The third-order valence-corrected chi connectivity index (χ3v) is 4.56. The van der Waals surface area contributed by atoms with Gasteiger partial charge in [0.2, 0.25) is 5.91 Å². The fourth-order valence-corrected chi connectivity index (χ4v) is 3.41. The first-order valence-electron chi connectivity index (χ1n) is 9.06. The summed E-state index contributed by atoms with van der Waals surface area (Å²) in [5.74, 6) is 0.718. The van der Waals surface area contributed by atoms with Gasteiger partial charge in [-0.25, -0.2) is 0 Å². The molecule has 0 aromatic carbocycles. The Morgan fingerprint density at radius 1 is 1.09 bits per heavy atom. The Kier molecular flexibility index (Phi) is 10.1. The number of allylic oxidation sites excluding steroid dienone is 4. The molecule has 1 amide bonds. The molecule has 0 aromatic rings. The van der Waals surface area contributed by atoms with Gasteiger partial charge in [0.25, 0.3) is 0 Å². The van der Waals surface area contributed by atoms with Crippen LogP contribution < -0.4 is 5.32 Å². The minimum Gasteiger partial charge on any atom is -0.350 e. The van der Waals surface area contributed by atoms with Gasteiger partial charge in [-0.3, -0.25) is 4.79 Å². The van der Waals surface area contributed by atoms with Crippen molar-refractivity contribution in [1.29, 1.82) is 0 Å². The van der Waals surface area contributed by atoms with Gasteiger partial charge >= 0.3 is 0 Å². The minimum atomic E-state index is 0.0278. The summed E-state index contributed by atoms with van der Waals surface area (Å²) in [6.07, 6.45) is 21.2. The van der Waals surface area contributed by atoms with E-state index in [0.717, 1.165) is 12.0 Å². The zero-order valence-corrected chi connectivity index (χ0v) is 14.7. The number of hydrogen-bond donors (Lipinski definition) is 1. The monoisotopic (exact) mass is 315 g/mol. The van der Waals surface area contributed by atoms with Crippen LogP contribution in [-0.4, -0.2) is 11.9 Å². The zero-order valence-electron chi connectivity index (χ0n) is 14.7. The van der Waals surface area contributed by atoms with Crippen molar-refractivity contribution in [1.82, 2.24) is 5.32 Å². The number of nitrogens with one attached hydrogen (secondary N) is 1. The molecule has 1 N–H and O–H groups in total. The van der Waals surface area contributed by atoms with E-state index < -0.39 is 0 Å². The molecular weight excluding hydrogens is 282 g/mol. The van der Waals surface area contributed by atoms with Crippen molar-refractivity contribution < 1.29 is 4.79 Å². The smallest absolute Gasteiger partial charge is 0.217 e. The summed E-state index contributed by atoms with van der Waals surface area (Å²) in [5.41, 5.74) is 1.11. The highest BCUT2D eigenvalue weighted by Gasteiger charge is 2.20. The fourth-order valence-electron chi connectivity index (χ4n) is 3.41. The third-order valence-electron chi connectivity index (χ3n) is 4.56. The van der Waals surface area contributed by atoms with E-state index in [-0.39, 0.29) is 11.9 Å². The Balaban J connectivity index is 2.83. The molecule has 0 aliphatic heterocycles. The van der Waals surface area contributed by atoms with Crippen molar-refractivity contribution in [3.8, 4) is 0 Å². The third kappa shape index (κ3) is 8.59. The summed E-state index contributed by atoms with van der Waals surface area (Å²) in [6.45, 7) is 9.14. The van der Waals surface area contributed by atoms with Crippen LogP contribution in [0.5, 0.6) is 0 Å². The maximum Gasteiger partial charge on any atom is 0.217 e. The van der Waals surface area contributed by atoms with Crippen molar-refractivity contribution in [3.05, 3.63) is 49.1 Å². The minimum absolute atomic E-state index is 0.0278. The fraction of sp³-hybridized carbons (Fsp3) is 0.571. The zero-order chi connectivity index (χ0) is 16.9. The lowest BCUT2D eigenvalue weighted by Gasteiger charge is -2.25. The van der Waals surface area contributed by atoms with Crippen LogP contribution in [0.2, 0.25) is 0 Å². The van der Waals surface area contributed by atoms with Crippen molar-refractivity contribution in [2.45, 2.75) is 70.8 Å².